The molecule has 45 heavy (non-hydrogen) atoms. The molecule has 2 unspecified atom stereocenters. The summed E-state index contributed by atoms with van der Waals surface area (Å²) in [5.74, 6) is -4.58. The number of carboxylic acids is 1. The Morgan fingerprint density at radius 2 is 1.38 bits per heavy atom. The molecular formula is C30H29F8NO5S. The first-order chi connectivity index (χ1) is 20.6. The van der Waals surface area contributed by atoms with Crippen LogP contribution in [0.2, 0.25) is 0 Å². The highest BCUT2D eigenvalue weighted by Gasteiger charge is 2.74. The Hall–Kier alpha value is -3.23. The van der Waals surface area contributed by atoms with Gasteiger partial charge in [-0.2, -0.15) is 26.3 Å². The maximum absolute atomic E-state index is 15.1. The van der Waals surface area contributed by atoms with E-state index in [4.69, 9.17) is 0 Å². The summed E-state index contributed by atoms with van der Waals surface area (Å²) < 4.78 is 138. The summed E-state index contributed by atoms with van der Waals surface area (Å²) in [6, 6.07) is 5.16. The topological polar surface area (TPSA) is 91.8 Å². The highest BCUT2D eigenvalue weighted by Crippen LogP contribution is 2.63. The van der Waals surface area contributed by atoms with Crippen molar-refractivity contribution in [3.05, 3.63) is 65.0 Å². The number of amides is 1. The Morgan fingerprint density at radius 3 is 1.89 bits per heavy atom. The predicted octanol–water partition coefficient (Wildman–Crippen LogP) is 6.42. The fourth-order valence-electron chi connectivity index (χ4n) is 7.50. The number of halogens is 8. The summed E-state index contributed by atoms with van der Waals surface area (Å²) in [5, 5.41) is 9.31. The van der Waals surface area contributed by atoms with Crippen LogP contribution in [0.5, 0.6) is 0 Å². The van der Waals surface area contributed by atoms with Crippen molar-refractivity contribution in [2.45, 2.75) is 72.6 Å². The van der Waals surface area contributed by atoms with Gasteiger partial charge in [-0.05, 0) is 66.5 Å². The third-order valence-electron chi connectivity index (χ3n) is 9.95. The number of aliphatic carboxylic acids is 1. The second-order valence-electron chi connectivity index (χ2n) is 12.6. The normalized spacial score (nSPS) is 26.8. The standard InChI is InChI=1S/C30H29F8NO5S/c1-26(2)22-13-18(28(32,29(33,34)35)30(36,37)38)7-12-21(22)27(45(43,44)20-10-8-19(31)9-11-20)15-39(14-23(26)27)24(40)16-3-5-17(6-4-16)25(41)42/h7-13,16-17,23H,3-6,14-15H2,1-2H3,(H,41,42). The number of fused-ring (bicyclic) bond motifs is 3. The van der Waals surface area contributed by atoms with Crippen LogP contribution in [0.25, 0.3) is 0 Å². The molecule has 15 heteroatoms. The summed E-state index contributed by atoms with van der Waals surface area (Å²) in [6.07, 6.45) is -11.9. The molecule has 0 radical (unpaired) electrons. The van der Waals surface area contributed by atoms with E-state index in [9.17, 15) is 53.8 Å². The molecule has 1 aliphatic heterocycles. The molecular weight excluding hydrogens is 638 g/mol. The van der Waals surface area contributed by atoms with E-state index < -0.39 is 85.6 Å². The highest BCUT2D eigenvalue weighted by molar-refractivity contribution is 7.92. The maximum atomic E-state index is 15.1. The monoisotopic (exact) mass is 667 g/mol. The smallest absolute Gasteiger partial charge is 0.435 e. The summed E-state index contributed by atoms with van der Waals surface area (Å²) in [6.45, 7) is 2.04. The second kappa shape index (κ2) is 10.4. The number of carbonyl (C=O) groups is 2. The SMILES string of the molecule is CC1(C)c2cc(C(F)(C(F)(F)F)C(F)(F)F)ccc2C2(S(=O)(=O)c3ccc(F)cc3)CN(C(=O)C3CCC(C(=O)O)CC3)CC12. The van der Waals surface area contributed by atoms with Gasteiger partial charge in [0.05, 0.1) is 10.8 Å². The lowest BCUT2D eigenvalue weighted by Gasteiger charge is -2.33. The molecule has 5 rings (SSSR count). The van der Waals surface area contributed by atoms with E-state index in [1.165, 1.54) is 18.7 Å². The van der Waals surface area contributed by atoms with Crippen LogP contribution in [0.15, 0.2) is 47.4 Å². The molecule has 2 atom stereocenters. The van der Waals surface area contributed by atoms with Crippen molar-refractivity contribution in [3.8, 4) is 0 Å². The van der Waals surface area contributed by atoms with Crippen molar-refractivity contribution in [2.75, 3.05) is 13.1 Å². The summed E-state index contributed by atoms with van der Waals surface area (Å²) in [4.78, 5) is 26.0. The number of nitrogens with zero attached hydrogens (tertiary/aromatic N) is 1. The van der Waals surface area contributed by atoms with E-state index in [0.29, 0.717) is 6.07 Å². The van der Waals surface area contributed by atoms with Crippen LogP contribution in [-0.2, 0) is 35.3 Å². The van der Waals surface area contributed by atoms with Crippen LogP contribution in [0, 0.1) is 23.6 Å². The fourth-order valence-corrected chi connectivity index (χ4v) is 9.95. The average Bonchev–Trinajstić information content (AvgIpc) is 3.45. The van der Waals surface area contributed by atoms with E-state index in [1.54, 1.807) is 0 Å². The maximum Gasteiger partial charge on any atom is 0.435 e. The fraction of sp³-hybridized carbons (Fsp3) is 0.533. The van der Waals surface area contributed by atoms with E-state index in [0.717, 1.165) is 30.3 Å². The minimum Gasteiger partial charge on any atom is -0.481 e. The van der Waals surface area contributed by atoms with Crippen molar-refractivity contribution in [1.29, 1.82) is 0 Å². The van der Waals surface area contributed by atoms with Crippen LogP contribution in [0.1, 0.15) is 56.2 Å². The van der Waals surface area contributed by atoms with E-state index in [-0.39, 0.29) is 54.3 Å². The molecule has 0 bridgehead atoms. The third-order valence-corrected chi connectivity index (χ3v) is 12.4. The van der Waals surface area contributed by atoms with E-state index in [1.807, 2.05) is 0 Å². The Bertz CT molecular complexity index is 1610. The zero-order valence-corrected chi connectivity index (χ0v) is 24.8. The number of likely N-dealkylation sites (tertiary alicyclic amines) is 1. The lowest BCUT2D eigenvalue weighted by Crippen LogP contribution is -2.50. The van der Waals surface area contributed by atoms with Gasteiger partial charge in [-0.3, -0.25) is 9.59 Å². The quantitative estimate of drug-likeness (QED) is 0.294. The number of alkyl halides is 7. The Kier molecular flexibility index (Phi) is 7.65. The van der Waals surface area contributed by atoms with Crippen molar-refractivity contribution in [1.82, 2.24) is 4.90 Å². The summed E-state index contributed by atoms with van der Waals surface area (Å²) in [5.41, 5.74) is -9.43. The number of benzene rings is 2. The minimum absolute atomic E-state index is 0.179. The molecule has 0 aromatic heterocycles. The zero-order valence-electron chi connectivity index (χ0n) is 24.0. The molecule has 1 N–H and O–H groups in total. The lowest BCUT2D eigenvalue weighted by atomic mass is 9.76. The molecule has 1 amide bonds. The molecule has 246 valence electrons. The highest BCUT2D eigenvalue weighted by atomic mass is 32.2. The minimum atomic E-state index is -6.39. The van der Waals surface area contributed by atoms with Gasteiger partial charge >= 0.3 is 24.0 Å². The number of hydrogen-bond acceptors (Lipinski definition) is 4. The van der Waals surface area contributed by atoms with Gasteiger partial charge in [-0.15, -0.1) is 0 Å². The Morgan fingerprint density at radius 1 is 0.844 bits per heavy atom. The molecule has 1 saturated carbocycles. The zero-order chi connectivity index (χ0) is 33.5. The van der Waals surface area contributed by atoms with Gasteiger partial charge in [0.25, 0.3) is 0 Å². The first kappa shape index (κ1) is 33.1. The Balaban J connectivity index is 1.66. The van der Waals surface area contributed by atoms with Crippen LogP contribution in [0.3, 0.4) is 0 Å². The molecule has 0 spiro atoms. The molecule has 3 aliphatic rings. The van der Waals surface area contributed by atoms with E-state index >= 15 is 4.39 Å². The lowest BCUT2D eigenvalue weighted by molar-refractivity contribution is -0.348. The van der Waals surface area contributed by atoms with Crippen molar-refractivity contribution in [3.63, 3.8) is 0 Å². The molecule has 2 aromatic carbocycles. The molecule has 1 saturated heterocycles. The van der Waals surface area contributed by atoms with E-state index in [2.05, 4.69) is 0 Å². The van der Waals surface area contributed by atoms with Crippen molar-refractivity contribution in [2.24, 2.45) is 17.8 Å². The molecule has 6 nitrogen and oxygen atoms in total. The van der Waals surface area contributed by atoms with Crippen molar-refractivity contribution >= 4 is 21.7 Å². The number of rotatable bonds is 5. The average molecular weight is 668 g/mol. The largest absolute Gasteiger partial charge is 0.481 e. The summed E-state index contributed by atoms with van der Waals surface area (Å²) >= 11 is 0. The molecule has 2 fully saturated rings. The van der Waals surface area contributed by atoms with Crippen LogP contribution in [0.4, 0.5) is 35.1 Å². The molecule has 1 heterocycles. The van der Waals surface area contributed by atoms with Crippen LogP contribution >= 0.6 is 0 Å². The van der Waals surface area contributed by atoms with Gasteiger partial charge in [0.1, 0.15) is 10.6 Å². The van der Waals surface area contributed by atoms with Gasteiger partial charge in [0, 0.05) is 30.5 Å². The van der Waals surface area contributed by atoms with Gasteiger partial charge in [0.15, 0.2) is 9.84 Å². The van der Waals surface area contributed by atoms with Gasteiger partial charge < -0.3 is 10.0 Å². The van der Waals surface area contributed by atoms with Crippen molar-refractivity contribution < 1.29 is 58.2 Å². The summed E-state index contributed by atoms with van der Waals surface area (Å²) in [7, 11) is -4.64. The number of carbonyl (C=O) groups excluding carboxylic acids is 1. The van der Waals surface area contributed by atoms with Gasteiger partial charge in [-0.1, -0.05) is 32.0 Å². The first-order valence-corrected chi connectivity index (χ1v) is 15.6. The van der Waals surface area contributed by atoms with Crippen LogP contribution in [-0.4, -0.2) is 55.7 Å². The van der Waals surface area contributed by atoms with Gasteiger partial charge in [-0.25, -0.2) is 17.2 Å². The number of sulfone groups is 1. The number of carboxylic acid groups (broad SMARTS) is 1. The van der Waals surface area contributed by atoms with Gasteiger partial charge in [0.2, 0.25) is 5.91 Å². The first-order valence-electron chi connectivity index (χ1n) is 14.1. The Labute approximate surface area is 253 Å². The second-order valence-corrected chi connectivity index (χ2v) is 14.8. The predicted molar refractivity (Wildman–Crippen MR) is 143 cm³/mol. The molecule has 2 aromatic rings. The number of hydrogen-bond donors (Lipinski definition) is 1. The van der Waals surface area contributed by atoms with Crippen LogP contribution < -0.4 is 0 Å². The third kappa shape index (κ3) is 4.73. The molecule has 2 aliphatic carbocycles.